The van der Waals surface area contributed by atoms with Gasteiger partial charge in [0.2, 0.25) is 0 Å². The van der Waals surface area contributed by atoms with Crippen molar-refractivity contribution in [1.29, 1.82) is 0 Å². The fourth-order valence-electron chi connectivity index (χ4n) is 0. The Morgan fingerprint density at radius 3 is 0.400 bits per heavy atom. The SMILES string of the molecule is [N-3].[N-3].[Ra+2].[Ra+2].[Ra+2]. The average molecular weight is 706 g/mol. The Labute approximate surface area is 142 Å². The molecule has 0 fully saturated rings. The van der Waals surface area contributed by atoms with Crippen molar-refractivity contribution in [2.24, 2.45) is 0 Å². The van der Waals surface area contributed by atoms with Gasteiger partial charge in [-0.25, -0.2) is 0 Å². The zero-order chi connectivity index (χ0) is 0. The largest absolute Gasteiger partial charge is 3.00 e. The summed E-state index contributed by atoms with van der Waals surface area (Å²) in [6.45, 7) is 0. The first-order valence-corrected chi connectivity index (χ1v) is 0. The molecule has 0 aromatic heterocycles. The van der Waals surface area contributed by atoms with E-state index in [-0.39, 0.29) is 147 Å². The molecule has 0 bridgehead atoms. The monoisotopic (exact) mass is 706 g/mol. The van der Waals surface area contributed by atoms with Gasteiger partial charge < -0.3 is 12.3 Å². The third-order valence-corrected chi connectivity index (χ3v) is 0. The first-order chi connectivity index (χ1) is 0. The molecule has 0 aliphatic carbocycles. The molecule has 0 rings (SSSR count). The van der Waals surface area contributed by atoms with E-state index in [2.05, 4.69) is 0 Å². The van der Waals surface area contributed by atoms with Crippen LogP contribution in [-0.2, 0) is 0 Å². The zero-order valence-corrected chi connectivity index (χ0v) is 20.5. The van der Waals surface area contributed by atoms with E-state index in [1.54, 1.807) is 0 Å². The Morgan fingerprint density at radius 1 is 0.400 bits per heavy atom. The standard InChI is InChI=1S/2N.3Ra/q2*-3;3*+2. The minimum atomic E-state index is 0. The van der Waals surface area contributed by atoms with E-state index in [0.717, 1.165) is 0 Å². The average Bonchev–Trinajstić information content (AvgIpc) is 0. The molecule has 0 amide bonds. The molecule has 16 valence electrons. The van der Waals surface area contributed by atoms with Crippen LogP contribution in [0.25, 0.3) is 12.3 Å². The maximum Gasteiger partial charge on any atom is 2.00 e. The van der Waals surface area contributed by atoms with Crippen molar-refractivity contribution in [3.63, 3.8) is 0 Å². The fourth-order valence-corrected chi connectivity index (χ4v) is 0. The Balaban J connectivity index is 0. The van der Waals surface area contributed by atoms with Gasteiger partial charge in [-0.3, -0.25) is 0 Å². The maximum absolute atomic E-state index is 0. The summed E-state index contributed by atoms with van der Waals surface area (Å²) in [6, 6.07) is 0. The van der Waals surface area contributed by atoms with Crippen LogP contribution in [0.1, 0.15) is 0 Å². The van der Waals surface area contributed by atoms with Crippen molar-refractivity contribution >= 4 is 0 Å². The molecule has 0 N–H and O–H groups in total. The van der Waals surface area contributed by atoms with Crippen LogP contribution >= 0.6 is 0 Å². The summed E-state index contributed by atoms with van der Waals surface area (Å²) < 4.78 is 0. The van der Waals surface area contributed by atoms with Crippen LogP contribution in [0.3, 0.4) is 0 Å². The molecule has 0 aliphatic heterocycles. The summed E-state index contributed by atoms with van der Waals surface area (Å²) in [5.74, 6) is 0. The smallest absolute Gasteiger partial charge is 2.00 e. The Kier molecular flexibility index (Phi) is 165. The molecule has 0 saturated heterocycles. The van der Waals surface area contributed by atoms with E-state index in [4.69, 9.17) is 0 Å². The molecule has 0 unspecified atom stereocenters. The van der Waals surface area contributed by atoms with Gasteiger partial charge in [0, 0.05) is 0 Å². The number of rotatable bonds is 0. The molecular formula is N2Ra3. The van der Waals surface area contributed by atoms with Crippen molar-refractivity contribution < 1.29 is 135 Å². The normalized spacial score (nSPS) is 0. The third kappa shape index (κ3) is 17.8. The summed E-state index contributed by atoms with van der Waals surface area (Å²) in [5.41, 5.74) is 0. The molecule has 0 spiro atoms. The predicted octanol–water partition coefficient (Wildman–Crippen LogP) is 0.577. The summed E-state index contributed by atoms with van der Waals surface area (Å²) in [6.07, 6.45) is 0. The van der Waals surface area contributed by atoms with E-state index >= 15 is 0 Å². The van der Waals surface area contributed by atoms with Crippen molar-refractivity contribution in [3.8, 4) is 0 Å². The molecule has 2 nitrogen and oxygen atoms in total. The number of hydrogen-bond donors (Lipinski definition) is 0. The fraction of sp³-hybridized carbons (Fsp3) is 0. The van der Waals surface area contributed by atoms with Gasteiger partial charge in [0.15, 0.2) is 0 Å². The van der Waals surface area contributed by atoms with Crippen LogP contribution in [0.15, 0.2) is 0 Å². The minimum absolute atomic E-state index is 0. The van der Waals surface area contributed by atoms with E-state index in [0.29, 0.717) is 0 Å². The van der Waals surface area contributed by atoms with Gasteiger partial charge in [-0.05, 0) is 0 Å². The van der Waals surface area contributed by atoms with Gasteiger partial charge in [0.05, 0.1) is 0 Å². The molecule has 0 radical (unpaired) electrons. The van der Waals surface area contributed by atoms with Gasteiger partial charge in [0.1, 0.15) is 0 Å². The van der Waals surface area contributed by atoms with Gasteiger partial charge >= 0.3 is 135 Å². The van der Waals surface area contributed by atoms with Gasteiger partial charge in [-0.2, -0.15) is 0 Å². The molecule has 0 atom stereocenters. The van der Waals surface area contributed by atoms with E-state index in [1.807, 2.05) is 0 Å². The summed E-state index contributed by atoms with van der Waals surface area (Å²) in [7, 11) is 0. The minimum Gasteiger partial charge on any atom is -3.00 e. The van der Waals surface area contributed by atoms with Crippen molar-refractivity contribution in [1.82, 2.24) is 0 Å². The van der Waals surface area contributed by atoms with Crippen molar-refractivity contribution in [3.05, 3.63) is 12.3 Å². The summed E-state index contributed by atoms with van der Waals surface area (Å²) >= 11 is 0. The zero-order valence-electron chi connectivity index (χ0n) is 3.02. The second kappa shape index (κ2) is 23.9. The molecule has 5 heavy (non-hydrogen) atoms. The molecule has 0 heterocycles. The first kappa shape index (κ1) is 34.6. The van der Waals surface area contributed by atoms with E-state index < -0.39 is 0 Å². The van der Waals surface area contributed by atoms with Crippen LogP contribution in [0.2, 0.25) is 0 Å². The molecular weight excluding hydrogens is 706 g/mol. The quantitative estimate of drug-likeness (QED) is 0.355. The van der Waals surface area contributed by atoms with Crippen LogP contribution < -0.4 is 0 Å². The van der Waals surface area contributed by atoms with Crippen molar-refractivity contribution in [2.45, 2.75) is 0 Å². The molecule has 0 aromatic rings. The van der Waals surface area contributed by atoms with E-state index in [1.165, 1.54) is 0 Å². The predicted molar refractivity (Wildman–Crippen MR) is 6.72 cm³/mol. The van der Waals surface area contributed by atoms with Crippen LogP contribution in [0.5, 0.6) is 0 Å². The van der Waals surface area contributed by atoms with Gasteiger partial charge in [0.25, 0.3) is 0 Å². The van der Waals surface area contributed by atoms with Crippen LogP contribution in [0.4, 0.5) is 0 Å². The molecule has 5 heteroatoms. The summed E-state index contributed by atoms with van der Waals surface area (Å²) in [4.78, 5) is 0. The van der Waals surface area contributed by atoms with Gasteiger partial charge in [-0.1, -0.05) is 0 Å². The van der Waals surface area contributed by atoms with Crippen molar-refractivity contribution in [2.75, 3.05) is 0 Å². The summed E-state index contributed by atoms with van der Waals surface area (Å²) in [5, 5.41) is 0. The Bertz CT molecular complexity index is 4.85. The van der Waals surface area contributed by atoms with E-state index in [9.17, 15) is 0 Å². The molecule has 0 saturated carbocycles. The number of nitrogens with zero attached hydrogens (tertiary/aromatic N) is 2. The van der Waals surface area contributed by atoms with Gasteiger partial charge in [-0.15, -0.1) is 0 Å². The number of hydrogen-bond acceptors (Lipinski definition) is 0. The first-order valence-electron chi connectivity index (χ1n) is 0. The second-order valence-corrected chi connectivity index (χ2v) is 0. The maximum atomic E-state index is 0. The Morgan fingerprint density at radius 2 is 0.400 bits per heavy atom. The van der Waals surface area contributed by atoms with Crippen LogP contribution in [0, 0.1) is 135 Å². The third-order valence-electron chi connectivity index (χ3n) is 0. The topological polar surface area (TPSA) is 61.0 Å². The second-order valence-electron chi connectivity index (χ2n) is 0. The van der Waals surface area contributed by atoms with Crippen LogP contribution in [-0.4, -0.2) is 0 Å². The Hall–Kier alpha value is 4.32. The molecule has 0 aliphatic rings. The molecule has 0 aromatic carbocycles.